The molecule has 3 aromatic carbocycles. The second kappa shape index (κ2) is 9.68. The van der Waals surface area contributed by atoms with Gasteiger partial charge in [0, 0.05) is 18.1 Å². The summed E-state index contributed by atoms with van der Waals surface area (Å²) >= 11 is 6.03. The molecule has 5 rings (SSSR count). The van der Waals surface area contributed by atoms with Gasteiger partial charge in [-0.1, -0.05) is 17.7 Å². The Balaban J connectivity index is 1.49. The average molecular weight is 615 g/mol. The quantitative estimate of drug-likeness (QED) is 0.128. The maximum Gasteiger partial charge on any atom is 0.416 e. The molecule has 0 saturated heterocycles. The number of benzene rings is 3. The first kappa shape index (κ1) is 28.3. The van der Waals surface area contributed by atoms with Crippen LogP contribution in [0.5, 0.6) is 17.2 Å². The number of hydrogen-bond donors (Lipinski definition) is 0. The lowest BCUT2D eigenvalue weighted by molar-refractivity contribution is -0.137. The van der Waals surface area contributed by atoms with Crippen molar-refractivity contribution in [2.24, 2.45) is 0 Å². The summed E-state index contributed by atoms with van der Waals surface area (Å²) in [6, 6.07) is 5.59. The summed E-state index contributed by atoms with van der Waals surface area (Å²) in [6.45, 7) is 0. The molecule has 1 heterocycles. The Morgan fingerprint density at radius 3 is 2.08 bits per heavy atom. The fourth-order valence-electron chi connectivity index (χ4n) is 4.47. The first-order chi connectivity index (χ1) is 18.6. The van der Waals surface area contributed by atoms with Crippen molar-refractivity contribution in [3.63, 3.8) is 0 Å². The zero-order valence-corrected chi connectivity index (χ0v) is 21.3. The van der Waals surface area contributed by atoms with E-state index >= 15 is 0 Å². The van der Waals surface area contributed by atoms with E-state index in [1.165, 1.54) is 6.07 Å². The zero-order chi connectivity index (χ0) is 29.2. The van der Waals surface area contributed by atoms with Crippen LogP contribution in [0.1, 0.15) is 42.9 Å². The first-order valence-corrected chi connectivity index (χ1v) is 13.2. The molecule has 1 spiro atoms. The molecule has 0 N–H and O–H groups in total. The van der Waals surface area contributed by atoms with E-state index in [-0.39, 0.29) is 28.5 Å². The molecule has 1 saturated carbocycles. The number of fused-ring (bicyclic) bond motifs is 1. The van der Waals surface area contributed by atoms with Gasteiger partial charge in [0.25, 0.3) is 0 Å². The van der Waals surface area contributed by atoms with Crippen molar-refractivity contribution >= 4 is 21.7 Å². The fourth-order valence-corrected chi connectivity index (χ4v) is 5.64. The molecule has 5 nitrogen and oxygen atoms in total. The molecule has 40 heavy (non-hydrogen) atoms. The minimum absolute atomic E-state index is 0.0546. The molecule has 1 aliphatic heterocycles. The Labute approximate surface area is 226 Å². The van der Waals surface area contributed by atoms with Gasteiger partial charge in [0.2, 0.25) is 34.8 Å². The molecule has 0 amide bonds. The summed E-state index contributed by atoms with van der Waals surface area (Å²) in [5.41, 5.74) is -1.53. The van der Waals surface area contributed by atoms with Crippen molar-refractivity contribution in [1.29, 1.82) is 0 Å². The predicted octanol–water partition coefficient (Wildman–Crippen LogP) is 7.65. The van der Waals surface area contributed by atoms with Gasteiger partial charge in [-0.05, 0) is 43.5 Å². The normalized spacial score (nSPS) is 18.1. The molecule has 15 heteroatoms. The highest BCUT2D eigenvalue weighted by Gasteiger charge is 2.47. The minimum atomic E-state index is -5.15. The van der Waals surface area contributed by atoms with E-state index < -0.39 is 73.3 Å². The van der Waals surface area contributed by atoms with Gasteiger partial charge >= 0.3 is 16.3 Å². The largest absolute Gasteiger partial charge is 0.487 e. The van der Waals surface area contributed by atoms with Gasteiger partial charge < -0.3 is 13.7 Å². The van der Waals surface area contributed by atoms with E-state index in [0.717, 1.165) is 30.7 Å². The van der Waals surface area contributed by atoms with E-state index in [1.54, 1.807) is 0 Å². The Kier molecular flexibility index (Phi) is 6.85. The van der Waals surface area contributed by atoms with Gasteiger partial charge in [0.05, 0.1) is 10.6 Å². The molecule has 3 aromatic rings. The van der Waals surface area contributed by atoms with Gasteiger partial charge in [0.15, 0.2) is 0 Å². The van der Waals surface area contributed by atoms with E-state index in [2.05, 4.69) is 4.18 Å². The molecule has 0 bridgehead atoms. The number of halogens is 9. The van der Waals surface area contributed by atoms with Crippen LogP contribution in [0.15, 0.2) is 41.3 Å². The van der Waals surface area contributed by atoms with Crippen LogP contribution in [0.3, 0.4) is 0 Å². The monoisotopic (exact) mass is 614 g/mol. The number of alkyl halides is 3. The van der Waals surface area contributed by atoms with Crippen LogP contribution in [-0.4, -0.2) is 14.0 Å². The third-order valence-corrected chi connectivity index (χ3v) is 8.17. The lowest BCUT2D eigenvalue weighted by Gasteiger charge is -2.47. The molecule has 2 aliphatic rings. The summed E-state index contributed by atoms with van der Waals surface area (Å²) in [6.07, 6.45) is -3.43. The third-order valence-electron chi connectivity index (χ3n) is 6.66. The van der Waals surface area contributed by atoms with Crippen LogP contribution in [0, 0.1) is 29.1 Å². The molecule has 1 aliphatic carbocycles. The van der Waals surface area contributed by atoms with Crippen molar-refractivity contribution in [2.45, 2.75) is 48.5 Å². The molecule has 214 valence electrons. The standard InChI is InChI=1S/C25H15ClF8O5S/c26-14-8-11(25(32,33)34)2-5-15(14)37-17-10-24(6-1-7-24)38-16-9-12(3-4-13(16)17)40(35,36)39-23-21(30)19(28)18(27)20(29)22(23)31/h2-5,8-9,17H,1,6-7,10H2/t17-/m1/s1. The number of rotatable bonds is 5. The first-order valence-electron chi connectivity index (χ1n) is 11.4. The number of hydrogen-bond acceptors (Lipinski definition) is 5. The molecule has 0 aromatic heterocycles. The van der Waals surface area contributed by atoms with Crippen LogP contribution in [0.4, 0.5) is 35.1 Å². The topological polar surface area (TPSA) is 61.8 Å². The third kappa shape index (κ3) is 4.91. The maximum absolute atomic E-state index is 14.0. The van der Waals surface area contributed by atoms with Crippen LogP contribution < -0.4 is 13.7 Å². The lowest BCUT2D eigenvalue weighted by atomic mass is 9.73. The van der Waals surface area contributed by atoms with Crippen molar-refractivity contribution in [1.82, 2.24) is 0 Å². The average Bonchev–Trinajstić information content (AvgIpc) is 2.88. The molecule has 1 atom stereocenters. The van der Waals surface area contributed by atoms with Crippen molar-refractivity contribution < 1.29 is 57.2 Å². The molecule has 0 unspecified atom stereocenters. The van der Waals surface area contributed by atoms with Crippen LogP contribution in [-0.2, 0) is 16.3 Å². The van der Waals surface area contributed by atoms with Crippen LogP contribution in [0.25, 0.3) is 0 Å². The molecule has 0 radical (unpaired) electrons. The maximum atomic E-state index is 14.0. The summed E-state index contributed by atoms with van der Waals surface area (Å²) < 4.78 is 149. The van der Waals surface area contributed by atoms with Crippen molar-refractivity contribution in [3.8, 4) is 17.2 Å². The van der Waals surface area contributed by atoms with E-state index in [9.17, 15) is 43.5 Å². The Bertz CT molecular complexity index is 1590. The summed E-state index contributed by atoms with van der Waals surface area (Å²) in [5.74, 6) is -14.4. The highest BCUT2D eigenvalue weighted by Crippen LogP contribution is 2.51. The smallest absolute Gasteiger partial charge is 0.416 e. The SMILES string of the molecule is O=S(=O)(Oc1c(F)c(F)c(F)c(F)c1F)c1ccc2c(c1)OC1(CCC1)C[C@H]2Oc1ccc(C(F)(F)F)cc1Cl. The van der Waals surface area contributed by atoms with Crippen molar-refractivity contribution in [3.05, 3.63) is 81.6 Å². The predicted molar refractivity (Wildman–Crippen MR) is 122 cm³/mol. The van der Waals surface area contributed by atoms with E-state index in [4.69, 9.17) is 21.1 Å². The second-order valence-corrected chi connectivity index (χ2v) is 11.2. The van der Waals surface area contributed by atoms with Crippen LogP contribution in [0.2, 0.25) is 5.02 Å². The molecular formula is C25H15ClF8O5S. The fraction of sp³-hybridized carbons (Fsp3) is 0.280. The zero-order valence-electron chi connectivity index (χ0n) is 19.7. The number of ether oxygens (including phenoxy) is 2. The Hall–Kier alpha value is -3.26. The second-order valence-electron chi connectivity index (χ2n) is 9.23. The van der Waals surface area contributed by atoms with Crippen LogP contribution >= 0.6 is 11.6 Å². The Morgan fingerprint density at radius 1 is 0.900 bits per heavy atom. The van der Waals surface area contributed by atoms with Crippen molar-refractivity contribution in [2.75, 3.05) is 0 Å². The minimum Gasteiger partial charge on any atom is -0.487 e. The van der Waals surface area contributed by atoms with E-state index in [1.807, 2.05) is 0 Å². The van der Waals surface area contributed by atoms with Gasteiger partial charge in [0.1, 0.15) is 28.1 Å². The van der Waals surface area contributed by atoms with Gasteiger partial charge in [-0.3, -0.25) is 0 Å². The van der Waals surface area contributed by atoms with Gasteiger partial charge in [-0.15, -0.1) is 0 Å². The van der Waals surface area contributed by atoms with E-state index in [0.29, 0.717) is 18.9 Å². The summed E-state index contributed by atoms with van der Waals surface area (Å²) in [7, 11) is -5.15. The highest BCUT2D eigenvalue weighted by atomic mass is 35.5. The molecule has 1 fully saturated rings. The Morgan fingerprint density at radius 2 is 1.52 bits per heavy atom. The summed E-state index contributed by atoms with van der Waals surface area (Å²) in [5, 5.41) is -0.319. The highest BCUT2D eigenvalue weighted by molar-refractivity contribution is 7.87. The van der Waals surface area contributed by atoms with Gasteiger partial charge in [-0.25, -0.2) is 13.2 Å². The lowest BCUT2D eigenvalue weighted by Crippen LogP contribution is -2.47. The van der Waals surface area contributed by atoms with Gasteiger partial charge in [-0.2, -0.15) is 30.4 Å². The molecular weight excluding hydrogens is 600 g/mol. The summed E-state index contributed by atoms with van der Waals surface area (Å²) in [4.78, 5) is -0.738.